The lowest BCUT2D eigenvalue weighted by Crippen LogP contribution is -1.97. The first-order chi connectivity index (χ1) is 11.7. The molecule has 4 aromatic rings. The number of hydrogen-bond donors (Lipinski definition) is 2. The maximum Gasteiger partial charge on any atom is 0.162 e. The Kier molecular flexibility index (Phi) is 3.19. The van der Waals surface area contributed by atoms with Gasteiger partial charge < -0.3 is 20.2 Å². The molecule has 120 valence electrons. The van der Waals surface area contributed by atoms with E-state index in [4.69, 9.17) is 15.2 Å². The van der Waals surface area contributed by atoms with Gasteiger partial charge in [-0.3, -0.25) is 4.98 Å². The summed E-state index contributed by atoms with van der Waals surface area (Å²) in [5.74, 6) is 2.33. The summed E-state index contributed by atoms with van der Waals surface area (Å²) in [6, 6.07) is 5.69. The highest BCUT2D eigenvalue weighted by molar-refractivity contribution is 6.10. The Bertz CT molecular complexity index is 1040. The van der Waals surface area contributed by atoms with Gasteiger partial charge in [-0.05, 0) is 17.5 Å². The highest BCUT2D eigenvalue weighted by Crippen LogP contribution is 2.36. The normalized spacial score (nSPS) is 11.1. The van der Waals surface area contributed by atoms with Gasteiger partial charge in [-0.2, -0.15) is 0 Å². The molecule has 0 radical (unpaired) electrons. The standard InChI is InChI=1S/C17H15N5O2/c1-23-14-6-10-9-5-13(17-19-3-4-20-17)22-16(18)11(9)8-21-12(10)7-15(14)24-2/h3-8H,1-2H3,(H2,18,22)(H,19,20). The Hall–Kier alpha value is -3.35. The molecule has 24 heavy (non-hydrogen) atoms. The van der Waals surface area contributed by atoms with Gasteiger partial charge in [0, 0.05) is 35.4 Å². The van der Waals surface area contributed by atoms with Crippen molar-refractivity contribution in [2.24, 2.45) is 0 Å². The van der Waals surface area contributed by atoms with E-state index in [0.29, 0.717) is 28.8 Å². The summed E-state index contributed by atoms with van der Waals surface area (Å²) in [4.78, 5) is 16.2. The molecular formula is C17H15N5O2. The van der Waals surface area contributed by atoms with Gasteiger partial charge in [-0.15, -0.1) is 0 Å². The molecule has 0 amide bonds. The van der Waals surface area contributed by atoms with Crippen LogP contribution in [0.5, 0.6) is 11.5 Å². The summed E-state index contributed by atoms with van der Waals surface area (Å²) < 4.78 is 10.8. The second kappa shape index (κ2) is 5.38. The highest BCUT2D eigenvalue weighted by atomic mass is 16.5. The molecule has 7 nitrogen and oxygen atoms in total. The SMILES string of the molecule is COc1cc2ncc3c(N)nc(-c4ncc[nH]4)cc3c2cc1OC. The smallest absolute Gasteiger partial charge is 0.162 e. The molecule has 0 unspecified atom stereocenters. The largest absolute Gasteiger partial charge is 0.493 e. The number of fused-ring (bicyclic) bond motifs is 3. The van der Waals surface area contributed by atoms with E-state index in [1.807, 2.05) is 18.2 Å². The minimum Gasteiger partial charge on any atom is -0.493 e. The fraction of sp³-hybridized carbons (Fsp3) is 0.118. The number of aromatic nitrogens is 4. The third-order valence-corrected chi connectivity index (χ3v) is 3.95. The van der Waals surface area contributed by atoms with Gasteiger partial charge >= 0.3 is 0 Å². The summed E-state index contributed by atoms with van der Waals surface area (Å²) in [5.41, 5.74) is 7.59. The first-order valence-electron chi connectivity index (χ1n) is 7.32. The molecule has 3 heterocycles. The number of ether oxygens (including phenoxy) is 2. The number of H-pyrrole nitrogens is 1. The van der Waals surface area contributed by atoms with Crippen LogP contribution >= 0.6 is 0 Å². The number of aromatic amines is 1. The van der Waals surface area contributed by atoms with E-state index in [1.54, 1.807) is 32.8 Å². The fourth-order valence-electron chi connectivity index (χ4n) is 2.78. The average Bonchev–Trinajstić information content (AvgIpc) is 3.14. The lowest BCUT2D eigenvalue weighted by molar-refractivity contribution is 0.356. The number of methoxy groups -OCH3 is 2. The van der Waals surface area contributed by atoms with Crippen molar-refractivity contribution in [1.29, 1.82) is 0 Å². The molecule has 3 aromatic heterocycles. The highest BCUT2D eigenvalue weighted by Gasteiger charge is 2.13. The Labute approximate surface area is 137 Å². The Morgan fingerprint density at radius 1 is 0.958 bits per heavy atom. The van der Waals surface area contributed by atoms with Crippen molar-refractivity contribution in [3.8, 4) is 23.0 Å². The van der Waals surface area contributed by atoms with Gasteiger partial charge in [0.25, 0.3) is 0 Å². The molecule has 0 aliphatic heterocycles. The summed E-state index contributed by atoms with van der Waals surface area (Å²) in [7, 11) is 3.20. The number of nitrogens with one attached hydrogen (secondary N) is 1. The number of imidazole rings is 1. The van der Waals surface area contributed by atoms with E-state index in [1.165, 1.54) is 0 Å². The first kappa shape index (κ1) is 14.3. The molecule has 0 fully saturated rings. The van der Waals surface area contributed by atoms with Crippen molar-refractivity contribution in [2.75, 3.05) is 20.0 Å². The van der Waals surface area contributed by atoms with Crippen molar-refractivity contribution < 1.29 is 9.47 Å². The molecular weight excluding hydrogens is 306 g/mol. The van der Waals surface area contributed by atoms with Crippen molar-refractivity contribution in [1.82, 2.24) is 19.9 Å². The summed E-state index contributed by atoms with van der Waals surface area (Å²) in [5, 5.41) is 2.62. The number of nitrogens with zero attached hydrogens (tertiary/aromatic N) is 3. The van der Waals surface area contributed by atoms with Crippen LogP contribution in [0.2, 0.25) is 0 Å². The van der Waals surface area contributed by atoms with Gasteiger partial charge in [0.1, 0.15) is 11.5 Å². The Balaban J connectivity index is 2.08. The molecule has 0 aliphatic rings. The molecule has 0 saturated carbocycles. The van der Waals surface area contributed by atoms with Crippen LogP contribution in [0.25, 0.3) is 33.2 Å². The van der Waals surface area contributed by atoms with Gasteiger partial charge in [0.05, 0.1) is 19.7 Å². The predicted octanol–water partition coefficient (Wildman–Crippen LogP) is 2.77. The topological polar surface area (TPSA) is 98.9 Å². The van der Waals surface area contributed by atoms with E-state index in [9.17, 15) is 0 Å². The lowest BCUT2D eigenvalue weighted by Gasteiger charge is -2.11. The van der Waals surface area contributed by atoms with Gasteiger partial charge in [-0.1, -0.05) is 0 Å². The number of nitrogens with two attached hydrogens (primary N) is 1. The number of benzene rings is 1. The van der Waals surface area contributed by atoms with E-state index in [0.717, 1.165) is 21.7 Å². The van der Waals surface area contributed by atoms with Gasteiger partial charge in [-0.25, -0.2) is 9.97 Å². The number of nitrogen functional groups attached to an aromatic ring is 1. The van der Waals surface area contributed by atoms with Gasteiger partial charge in [0.15, 0.2) is 17.3 Å². The molecule has 0 atom stereocenters. The molecule has 0 spiro atoms. The molecule has 1 aromatic carbocycles. The summed E-state index contributed by atoms with van der Waals surface area (Å²) in [6.45, 7) is 0. The van der Waals surface area contributed by atoms with E-state index >= 15 is 0 Å². The molecule has 0 bridgehead atoms. The third-order valence-electron chi connectivity index (χ3n) is 3.95. The van der Waals surface area contributed by atoms with Crippen LogP contribution in [0.3, 0.4) is 0 Å². The predicted molar refractivity (Wildman–Crippen MR) is 92.1 cm³/mol. The Morgan fingerprint density at radius 2 is 1.75 bits per heavy atom. The van der Waals surface area contributed by atoms with Crippen LogP contribution in [-0.2, 0) is 0 Å². The zero-order chi connectivity index (χ0) is 16.7. The monoisotopic (exact) mass is 321 g/mol. The van der Waals surface area contributed by atoms with Crippen molar-refractivity contribution in [3.05, 3.63) is 36.8 Å². The van der Waals surface area contributed by atoms with E-state index in [2.05, 4.69) is 19.9 Å². The van der Waals surface area contributed by atoms with Crippen molar-refractivity contribution in [2.45, 2.75) is 0 Å². The van der Waals surface area contributed by atoms with Crippen LogP contribution in [0, 0.1) is 0 Å². The van der Waals surface area contributed by atoms with Crippen LogP contribution in [0.1, 0.15) is 0 Å². The zero-order valence-electron chi connectivity index (χ0n) is 13.2. The minimum absolute atomic E-state index is 0.406. The zero-order valence-corrected chi connectivity index (χ0v) is 13.2. The van der Waals surface area contributed by atoms with Crippen molar-refractivity contribution in [3.63, 3.8) is 0 Å². The van der Waals surface area contributed by atoms with Crippen LogP contribution in [0.15, 0.2) is 36.8 Å². The Morgan fingerprint density at radius 3 is 2.46 bits per heavy atom. The maximum absolute atomic E-state index is 6.13. The van der Waals surface area contributed by atoms with Crippen LogP contribution < -0.4 is 15.2 Å². The van der Waals surface area contributed by atoms with Crippen LogP contribution in [-0.4, -0.2) is 34.2 Å². The maximum atomic E-state index is 6.13. The fourth-order valence-corrected chi connectivity index (χ4v) is 2.78. The average molecular weight is 321 g/mol. The molecule has 3 N–H and O–H groups in total. The third kappa shape index (κ3) is 2.10. The number of rotatable bonds is 3. The molecule has 0 saturated heterocycles. The van der Waals surface area contributed by atoms with Gasteiger partial charge in [0.2, 0.25) is 0 Å². The van der Waals surface area contributed by atoms with E-state index in [-0.39, 0.29) is 0 Å². The second-order valence-electron chi connectivity index (χ2n) is 5.27. The lowest BCUT2D eigenvalue weighted by atomic mass is 10.1. The number of anilines is 1. The summed E-state index contributed by atoms with van der Waals surface area (Å²) >= 11 is 0. The summed E-state index contributed by atoms with van der Waals surface area (Å²) in [6.07, 6.45) is 5.14. The van der Waals surface area contributed by atoms with Crippen LogP contribution in [0.4, 0.5) is 5.82 Å². The van der Waals surface area contributed by atoms with E-state index < -0.39 is 0 Å². The van der Waals surface area contributed by atoms with Crippen molar-refractivity contribution >= 4 is 27.5 Å². The quantitative estimate of drug-likeness (QED) is 0.563. The molecule has 0 aliphatic carbocycles. The number of hydrogen-bond acceptors (Lipinski definition) is 6. The number of pyridine rings is 2. The molecule has 7 heteroatoms. The first-order valence-corrected chi connectivity index (χ1v) is 7.32. The minimum atomic E-state index is 0.406. The molecule has 4 rings (SSSR count). The second-order valence-corrected chi connectivity index (χ2v) is 5.27.